The maximum absolute atomic E-state index is 12.2. The Morgan fingerprint density at radius 3 is 2.87 bits per heavy atom. The van der Waals surface area contributed by atoms with Gasteiger partial charge in [-0.05, 0) is 12.2 Å². The molecular formula is C7H8F2N4OS. The molecule has 2 N–H and O–H groups in total. The minimum Gasteiger partial charge on any atom is -0.364 e. The molecule has 1 aromatic rings. The number of carbonyl (C=O) groups excluding carboxylic acids is 1. The van der Waals surface area contributed by atoms with E-state index in [1.807, 2.05) is 0 Å². The van der Waals surface area contributed by atoms with Crippen LogP contribution in [0.2, 0.25) is 0 Å². The van der Waals surface area contributed by atoms with E-state index in [4.69, 9.17) is 12.2 Å². The first kappa shape index (κ1) is 11.5. The summed E-state index contributed by atoms with van der Waals surface area (Å²) in [5, 5.41) is 2.76. The van der Waals surface area contributed by atoms with E-state index in [9.17, 15) is 13.6 Å². The summed E-state index contributed by atoms with van der Waals surface area (Å²) < 4.78 is 25.5. The number of thiocarbonyl (C=S) groups is 1. The third-order valence-electron chi connectivity index (χ3n) is 1.53. The van der Waals surface area contributed by atoms with Crippen molar-refractivity contribution in [3.05, 3.63) is 17.7 Å². The third kappa shape index (κ3) is 2.69. The quantitative estimate of drug-likeness (QED) is 0.595. The van der Waals surface area contributed by atoms with Gasteiger partial charge in [0.05, 0.1) is 6.20 Å². The van der Waals surface area contributed by atoms with Crippen LogP contribution in [0, 0.1) is 0 Å². The highest BCUT2D eigenvalue weighted by atomic mass is 32.1. The van der Waals surface area contributed by atoms with Crippen molar-refractivity contribution in [3.8, 4) is 0 Å². The predicted molar refractivity (Wildman–Crippen MR) is 53.6 cm³/mol. The maximum Gasteiger partial charge on any atom is 0.281 e. The first-order chi connectivity index (χ1) is 7.08. The minimum atomic E-state index is -2.73. The van der Waals surface area contributed by atoms with Crippen LogP contribution in [0.4, 0.5) is 8.78 Å². The molecule has 1 heterocycles. The first-order valence-corrected chi connectivity index (χ1v) is 4.30. The van der Waals surface area contributed by atoms with Gasteiger partial charge >= 0.3 is 0 Å². The highest BCUT2D eigenvalue weighted by molar-refractivity contribution is 7.80. The number of nitrogens with zero attached hydrogens (tertiary/aromatic N) is 2. The van der Waals surface area contributed by atoms with Crippen molar-refractivity contribution in [1.82, 2.24) is 15.0 Å². The number of alkyl halides is 2. The Bertz CT molecular complexity index is 379. The molecule has 0 fully saturated rings. The van der Waals surface area contributed by atoms with Crippen LogP contribution in [0.25, 0.3) is 0 Å². The van der Waals surface area contributed by atoms with E-state index >= 15 is 0 Å². The van der Waals surface area contributed by atoms with Gasteiger partial charge in [-0.1, -0.05) is 0 Å². The molecule has 0 spiro atoms. The van der Waals surface area contributed by atoms with Crippen molar-refractivity contribution in [3.63, 3.8) is 0 Å². The van der Waals surface area contributed by atoms with Gasteiger partial charge in [-0.3, -0.25) is 10.2 Å². The van der Waals surface area contributed by atoms with Gasteiger partial charge in [0.1, 0.15) is 5.69 Å². The molecule has 1 rings (SSSR count). The van der Waals surface area contributed by atoms with E-state index in [2.05, 4.69) is 15.7 Å². The molecule has 0 unspecified atom stereocenters. The lowest BCUT2D eigenvalue weighted by molar-refractivity contribution is 0.111. The number of halogens is 2. The Hall–Kier alpha value is -1.57. The number of aromatic nitrogens is 2. The van der Waals surface area contributed by atoms with E-state index in [-0.39, 0.29) is 10.9 Å². The second-order valence-electron chi connectivity index (χ2n) is 2.50. The van der Waals surface area contributed by atoms with Gasteiger partial charge in [0.25, 0.3) is 6.43 Å². The molecule has 0 aliphatic rings. The molecule has 0 amide bonds. The Morgan fingerprint density at radius 1 is 1.73 bits per heavy atom. The number of nitrogens with one attached hydrogen (secondary N) is 2. The summed E-state index contributed by atoms with van der Waals surface area (Å²) >= 11 is 4.75. The summed E-state index contributed by atoms with van der Waals surface area (Å²) in [5.41, 5.74) is 2.01. The monoisotopic (exact) mass is 234 g/mol. The second kappa shape index (κ2) is 4.78. The zero-order chi connectivity index (χ0) is 11.4. The van der Waals surface area contributed by atoms with Gasteiger partial charge < -0.3 is 5.32 Å². The van der Waals surface area contributed by atoms with Gasteiger partial charge in [0.15, 0.2) is 17.2 Å². The lowest BCUT2D eigenvalue weighted by Crippen LogP contribution is -2.31. The molecule has 0 radical (unpaired) electrons. The average Bonchev–Trinajstić information content (AvgIpc) is 2.61. The molecule has 0 aliphatic heterocycles. The molecular weight excluding hydrogens is 226 g/mol. The molecule has 15 heavy (non-hydrogen) atoms. The Labute approximate surface area is 89.5 Å². The Kier molecular flexibility index (Phi) is 3.67. The van der Waals surface area contributed by atoms with Gasteiger partial charge in [0, 0.05) is 7.05 Å². The summed E-state index contributed by atoms with van der Waals surface area (Å²) in [6.45, 7) is 0. The Morgan fingerprint density at radius 2 is 2.40 bits per heavy atom. The number of hydrogen-bond donors (Lipinski definition) is 2. The lowest BCUT2D eigenvalue weighted by Gasteiger charge is -2.07. The first-order valence-electron chi connectivity index (χ1n) is 3.89. The van der Waals surface area contributed by atoms with Gasteiger partial charge in [0.2, 0.25) is 0 Å². The van der Waals surface area contributed by atoms with Crippen LogP contribution in [0.1, 0.15) is 22.7 Å². The van der Waals surface area contributed by atoms with Crippen molar-refractivity contribution in [2.45, 2.75) is 6.43 Å². The van der Waals surface area contributed by atoms with Crippen LogP contribution in [-0.4, -0.2) is 28.1 Å². The number of rotatable bonds is 3. The van der Waals surface area contributed by atoms with Crippen LogP contribution in [-0.2, 0) is 0 Å². The van der Waals surface area contributed by atoms with Gasteiger partial charge in [-0.2, -0.15) is 0 Å². The van der Waals surface area contributed by atoms with E-state index < -0.39 is 12.1 Å². The number of imidazole rings is 1. The average molecular weight is 234 g/mol. The van der Waals surface area contributed by atoms with Gasteiger partial charge in [-0.25, -0.2) is 18.4 Å². The van der Waals surface area contributed by atoms with Crippen LogP contribution in [0.5, 0.6) is 0 Å². The van der Waals surface area contributed by atoms with Crippen molar-refractivity contribution in [1.29, 1.82) is 0 Å². The van der Waals surface area contributed by atoms with Crippen LogP contribution >= 0.6 is 12.2 Å². The molecule has 5 nitrogen and oxygen atoms in total. The molecule has 0 saturated heterocycles. The fraction of sp³-hybridized carbons (Fsp3) is 0.286. The summed E-state index contributed by atoms with van der Waals surface area (Å²) in [4.78, 5) is 13.9. The number of hydrogen-bond acceptors (Lipinski definition) is 3. The highest BCUT2D eigenvalue weighted by Gasteiger charge is 2.15. The number of aldehydes is 1. The summed E-state index contributed by atoms with van der Waals surface area (Å²) in [6.07, 6.45) is -1.36. The summed E-state index contributed by atoms with van der Waals surface area (Å²) in [5.74, 6) is -0.164. The fourth-order valence-electron chi connectivity index (χ4n) is 0.857. The zero-order valence-electron chi connectivity index (χ0n) is 7.70. The van der Waals surface area contributed by atoms with E-state index in [0.717, 1.165) is 10.9 Å². The molecule has 82 valence electrons. The largest absolute Gasteiger partial charge is 0.364 e. The third-order valence-corrected chi connectivity index (χ3v) is 1.83. The maximum atomic E-state index is 12.2. The van der Waals surface area contributed by atoms with Crippen molar-refractivity contribution in [2.24, 2.45) is 0 Å². The SMILES string of the molecule is CNC(=S)Nn1cc(C(F)F)nc1C=O. The molecule has 8 heteroatoms. The van der Waals surface area contributed by atoms with Crippen molar-refractivity contribution < 1.29 is 13.6 Å². The molecule has 1 aromatic heterocycles. The van der Waals surface area contributed by atoms with E-state index in [0.29, 0.717) is 6.29 Å². The van der Waals surface area contributed by atoms with Gasteiger partial charge in [-0.15, -0.1) is 0 Å². The van der Waals surface area contributed by atoms with E-state index in [1.54, 1.807) is 7.05 Å². The second-order valence-corrected chi connectivity index (χ2v) is 2.91. The fourth-order valence-corrected chi connectivity index (χ4v) is 0.955. The topological polar surface area (TPSA) is 58.9 Å². The highest BCUT2D eigenvalue weighted by Crippen LogP contribution is 2.16. The van der Waals surface area contributed by atoms with Crippen LogP contribution in [0.3, 0.4) is 0 Å². The lowest BCUT2D eigenvalue weighted by atomic mass is 10.5. The number of carbonyl (C=O) groups is 1. The molecule has 0 saturated carbocycles. The predicted octanol–water partition coefficient (Wildman–Crippen LogP) is 0.681. The molecule has 0 bridgehead atoms. The molecule has 0 aromatic carbocycles. The normalized spacial score (nSPS) is 10.1. The smallest absolute Gasteiger partial charge is 0.281 e. The zero-order valence-corrected chi connectivity index (χ0v) is 8.52. The van der Waals surface area contributed by atoms with Crippen LogP contribution in [0.15, 0.2) is 6.20 Å². The van der Waals surface area contributed by atoms with Crippen molar-refractivity contribution >= 4 is 23.6 Å². The standard InChI is InChI=1S/C7H8F2N4OS/c1-10-7(15)12-13-2-4(6(8)9)11-5(13)3-14/h2-3,6H,1H3,(H2,10,12,15). The van der Waals surface area contributed by atoms with Crippen molar-refractivity contribution in [2.75, 3.05) is 12.5 Å². The summed E-state index contributed by atoms with van der Waals surface area (Å²) in [7, 11) is 1.56. The molecule has 0 aliphatic carbocycles. The minimum absolute atomic E-state index is 0.164. The molecule has 0 atom stereocenters. The van der Waals surface area contributed by atoms with Crippen LogP contribution < -0.4 is 10.7 Å². The summed E-state index contributed by atoms with van der Waals surface area (Å²) in [6, 6.07) is 0. The van der Waals surface area contributed by atoms with E-state index in [1.165, 1.54) is 0 Å². The Balaban J connectivity index is 2.95.